The van der Waals surface area contributed by atoms with Gasteiger partial charge in [-0.25, -0.2) is 8.42 Å². The molecule has 6 heteroatoms. The normalized spacial score (nSPS) is 15.2. The Morgan fingerprint density at radius 2 is 1.86 bits per heavy atom. The summed E-state index contributed by atoms with van der Waals surface area (Å²) in [6, 6.07) is 15.0. The van der Waals surface area contributed by atoms with E-state index in [1.165, 1.54) is 31.1 Å². The SMILES string of the molecule is CCOc1cc(C=C(C#N)S(=O)(=O)c2ccccc2)ccc1OC1CCCC1. The maximum atomic E-state index is 12.7. The predicted molar refractivity (Wildman–Crippen MR) is 108 cm³/mol. The number of nitriles is 1. The number of hydrogen-bond donors (Lipinski definition) is 0. The van der Waals surface area contributed by atoms with Crippen LogP contribution >= 0.6 is 0 Å². The van der Waals surface area contributed by atoms with E-state index in [1.54, 1.807) is 36.4 Å². The summed E-state index contributed by atoms with van der Waals surface area (Å²) in [6.45, 7) is 2.34. The van der Waals surface area contributed by atoms with Gasteiger partial charge in [-0.2, -0.15) is 5.26 Å². The number of ether oxygens (including phenoxy) is 2. The molecule has 0 N–H and O–H groups in total. The number of hydrogen-bond acceptors (Lipinski definition) is 5. The van der Waals surface area contributed by atoms with Crippen LogP contribution in [0, 0.1) is 11.3 Å². The molecule has 1 aliphatic rings. The van der Waals surface area contributed by atoms with E-state index in [4.69, 9.17) is 9.47 Å². The fraction of sp³-hybridized carbons (Fsp3) is 0.318. The van der Waals surface area contributed by atoms with Crippen LogP contribution in [0.3, 0.4) is 0 Å². The van der Waals surface area contributed by atoms with E-state index in [9.17, 15) is 13.7 Å². The smallest absolute Gasteiger partial charge is 0.216 e. The first-order valence-electron chi connectivity index (χ1n) is 9.40. The second-order valence-electron chi connectivity index (χ2n) is 6.60. The Balaban J connectivity index is 1.93. The lowest BCUT2D eigenvalue weighted by Crippen LogP contribution is -2.12. The minimum absolute atomic E-state index is 0.0917. The van der Waals surface area contributed by atoms with Crippen molar-refractivity contribution in [3.63, 3.8) is 0 Å². The molecule has 0 amide bonds. The molecule has 0 atom stereocenters. The maximum Gasteiger partial charge on any atom is 0.216 e. The highest BCUT2D eigenvalue weighted by Crippen LogP contribution is 2.33. The van der Waals surface area contributed by atoms with Crippen molar-refractivity contribution in [2.45, 2.75) is 43.6 Å². The Labute approximate surface area is 166 Å². The molecule has 28 heavy (non-hydrogen) atoms. The Bertz CT molecular complexity index is 985. The quantitative estimate of drug-likeness (QED) is 0.631. The summed E-state index contributed by atoms with van der Waals surface area (Å²) in [6.07, 6.45) is 5.94. The Morgan fingerprint density at radius 3 is 2.50 bits per heavy atom. The zero-order valence-electron chi connectivity index (χ0n) is 15.8. The minimum atomic E-state index is -3.88. The van der Waals surface area contributed by atoms with Crippen molar-refractivity contribution >= 4 is 15.9 Å². The lowest BCUT2D eigenvalue weighted by molar-refractivity contribution is 0.197. The molecule has 0 aromatic heterocycles. The van der Waals surface area contributed by atoms with Crippen LogP contribution in [0.25, 0.3) is 6.08 Å². The first-order valence-corrected chi connectivity index (χ1v) is 10.9. The summed E-state index contributed by atoms with van der Waals surface area (Å²) in [7, 11) is -3.88. The third-order valence-electron chi connectivity index (χ3n) is 4.61. The van der Waals surface area contributed by atoms with Crippen LogP contribution in [0.1, 0.15) is 38.2 Å². The van der Waals surface area contributed by atoms with Crippen molar-refractivity contribution < 1.29 is 17.9 Å². The largest absolute Gasteiger partial charge is 0.490 e. The molecule has 1 aliphatic carbocycles. The molecular formula is C22H23NO4S. The standard InChI is InChI=1S/C22H23NO4S/c1-2-26-22-15-17(12-13-21(22)27-18-8-6-7-9-18)14-20(16-23)28(24,25)19-10-4-3-5-11-19/h3-5,10-15,18H,2,6-9H2,1H3. The summed E-state index contributed by atoms with van der Waals surface area (Å²) in [5.41, 5.74) is 0.568. The van der Waals surface area contributed by atoms with Gasteiger partial charge in [-0.1, -0.05) is 24.3 Å². The molecule has 0 aliphatic heterocycles. The van der Waals surface area contributed by atoms with Crippen molar-refractivity contribution in [3.05, 3.63) is 59.0 Å². The maximum absolute atomic E-state index is 12.7. The van der Waals surface area contributed by atoms with Gasteiger partial charge in [0.15, 0.2) is 11.5 Å². The molecule has 3 rings (SSSR count). The number of sulfone groups is 1. The van der Waals surface area contributed by atoms with E-state index in [0.29, 0.717) is 23.7 Å². The van der Waals surface area contributed by atoms with Gasteiger partial charge in [-0.3, -0.25) is 0 Å². The average molecular weight is 397 g/mol. The predicted octanol–water partition coefficient (Wildman–Crippen LogP) is 4.75. The second kappa shape index (κ2) is 8.94. The second-order valence-corrected chi connectivity index (χ2v) is 8.52. The molecule has 0 radical (unpaired) electrons. The molecule has 146 valence electrons. The summed E-state index contributed by atoms with van der Waals surface area (Å²) in [5, 5.41) is 9.45. The molecule has 0 bridgehead atoms. The third kappa shape index (κ3) is 4.55. The van der Waals surface area contributed by atoms with Crippen LogP contribution in [0.4, 0.5) is 0 Å². The van der Waals surface area contributed by atoms with E-state index < -0.39 is 9.84 Å². The van der Waals surface area contributed by atoms with E-state index in [2.05, 4.69) is 0 Å². The van der Waals surface area contributed by atoms with Gasteiger partial charge in [0.25, 0.3) is 0 Å². The number of nitrogens with zero attached hydrogens (tertiary/aromatic N) is 1. The average Bonchev–Trinajstić information content (AvgIpc) is 3.22. The summed E-state index contributed by atoms with van der Waals surface area (Å²) in [5.74, 6) is 1.20. The molecule has 1 saturated carbocycles. The first kappa shape index (κ1) is 20.0. The summed E-state index contributed by atoms with van der Waals surface area (Å²) >= 11 is 0. The Morgan fingerprint density at radius 1 is 1.14 bits per heavy atom. The third-order valence-corrected chi connectivity index (χ3v) is 6.30. The van der Waals surface area contributed by atoms with Crippen LogP contribution in [0.2, 0.25) is 0 Å². The van der Waals surface area contributed by atoms with Gasteiger partial charge in [0.05, 0.1) is 17.6 Å². The van der Waals surface area contributed by atoms with Crippen LogP contribution in [-0.2, 0) is 9.84 Å². The van der Waals surface area contributed by atoms with E-state index in [0.717, 1.165) is 12.8 Å². The van der Waals surface area contributed by atoms with Gasteiger partial charge < -0.3 is 9.47 Å². The number of benzene rings is 2. The van der Waals surface area contributed by atoms with Gasteiger partial charge in [-0.15, -0.1) is 0 Å². The van der Waals surface area contributed by atoms with E-state index in [-0.39, 0.29) is 15.9 Å². The fourth-order valence-electron chi connectivity index (χ4n) is 3.21. The zero-order chi connectivity index (χ0) is 20.0. The van der Waals surface area contributed by atoms with Crippen LogP contribution in [0.15, 0.2) is 58.3 Å². The highest BCUT2D eigenvalue weighted by atomic mass is 32.2. The molecule has 2 aromatic carbocycles. The van der Waals surface area contributed by atoms with E-state index >= 15 is 0 Å². The van der Waals surface area contributed by atoms with Crippen LogP contribution < -0.4 is 9.47 Å². The van der Waals surface area contributed by atoms with Gasteiger partial charge in [0.1, 0.15) is 11.0 Å². The van der Waals surface area contributed by atoms with E-state index in [1.807, 2.05) is 13.0 Å². The van der Waals surface area contributed by atoms with Crippen molar-refractivity contribution in [1.82, 2.24) is 0 Å². The van der Waals surface area contributed by atoms with Gasteiger partial charge >= 0.3 is 0 Å². The van der Waals surface area contributed by atoms with Crippen LogP contribution in [0.5, 0.6) is 11.5 Å². The van der Waals surface area contributed by atoms with Crippen molar-refractivity contribution in [2.24, 2.45) is 0 Å². The first-order chi connectivity index (χ1) is 13.5. The Kier molecular flexibility index (Phi) is 6.37. The van der Waals surface area contributed by atoms with Gasteiger partial charge in [0.2, 0.25) is 9.84 Å². The molecule has 2 aromatic rings. The Hall–Kier alpha value is -2.78. The zero-order valence-corrected chi connectivity index (χ0v) is 16.6. The fourth-order valence-corrected chi connectivity index (χ4v) is 4.39. The number of rotatable bonds is 7. The minimum Gasteiger partial charge on any atom is -0.490 e. The highest BCUT2D eigenvalue weighted by Gasteiger charge is 2.21. The van der Waals surface area contributed by atoms with Gasteiger partial charge in [0, 0.05) is 0 Å². The number of allylic oxidation sites excluding steroid dienone is 1. The molecule has 1 fully saturated rings. The topological polar surface area (TPSA) is 76.4 Å². The lowest BCUT2D eigenvalue weighted by atomic mass is 10.2. The lowest BCUT2D eigenvalue weighted by Gasteiger charge is -2.17. The highest BCUT2D eigenvalue weighted by molar-refractivity contribution is 7.95. The summed E-state index contributed by atoms with van der Waals surface area (Å²) < 4.78 is 37.2. The molecule has 5 nitrogen and oxygen atoms in total. The van der Waals surface area contributed by atoms with Crippen LogP contribution in [-0.4, -0.2) is 21.1 Å². The van der Waals surface area contributed by atoms with Crippen molar-refractivity contribution in [1.29, 1.82) is 5.26 Å². The molecule has 0 saturated heterocycles. The molecular weight excluding hydrogens is 374 g/mol. The van der Waals surface area contributed by atoms with Gasteiger partial charge in [-0.05, 0) is 68.5 Å². The molecule has 0 spiro atoms. The van der Waals surface area contributed by atoms with Crippen molar-refractivity contribution in [2.75, 3.05) is 6.61 Å². The molecule has 0 heterocycles. The molecule has 0 unspecified atom stereocenters. The monoisotopic (exact) mass is 397 g/mol. The van der Waals surface area contributed by atoms with Crippen molar-refractivity contribution in [3.8, 4) is 17.6 Å². The summed E-state index contributed by atoms with van der Waals surface area (Å²) in [4.78, 5) is -0.223.